The molecule has 0 radical (unpaired) electrons. The van der Waals surface area contributed by atoms with Crippen molar-refractivity contribution in [1.29, 1.82) is 0 Å². The molecule has 2 heteroatoms. The van der Waals surface area contributed by atoms with E-state index in [1.54, 1.807) is 0 Å². The summed E-state index contributed by atoms with van der Waals surface area (Å²) >= 11 is 0. The van der Waals surface area contributed by atoms with Crippen LogP contribution in [-0.4, -0.2) is 12.4 Å². The van der Waals surface area contributed by atoms with E-state index >= 15 is 0 Å². The van der Waals surface area contributed by atoms with E-state index in [1.807, 2.05) is 24.3 Å². The third kappa shape index (κ3) is 5.20. The lowest BCUT2D eigenvalue weighted by molar-refractivity contribution is -0.115. The van der Waals surface area contributed by atoms with Crippen molar-refractivity contribution in [3.05, 3.63) is 91.0 Å². The fourth-order valence-electron chi connectivity index (χ4n) is 3.12. The lowest BCUT2D eigenvalue weighted by atomic mass is 9.99. The van der Waals surface area contributed by atoms with Gasteiger partial charge in [-0.1, -0.05) is 80.6 Å². The van der Waals surface area contributed by atoms with Crippen LogP contribution in [0.5, 0.6) is 5.75 Å². The van der Waals surface area contributed by atoms with Crippen molar-refractivity contribution in [2.24, 2.45) is 0 Å². The number of carbonyl (C=O) groups excluding carboxylic acids is 1. The van der Waals surface area contributed by atoms with Crippen LogP contribution >= 0.6 is 0 Å². The molecule has 0 atom stereocenters. The van der Waals surface area contributed by atoms with Crippen molar-refractivity contribution in [3.8, 4) is 28.0 Å². The Morgan fingerprint density at radius 3 is 1.75 bits per heavy atom. The SMILES string of the molecule is C=CC(=O)CCOc1ccc(-c2ccc(-c3ccc(CCC)cc3)cc2)cc1. The molecule has 0 saturated carbocycles. The minimum atomic E-state index is -0.00304. The standard InChI is InChI=1S/C26H26O2/c1-3-5-20-6-8-21(9-7-20)22-10-12-23(13-11-22)24-14-16-26(17-15-24)28-19-18-25(27)4-2/h4,6-17H,2-3,5,18-19H2,1H3. The summed E-state index contributed by atoms with van der Waals surface area (Å²) in [5.74, 6) is 0.765. The van der Waals surface area contributed by atoms with Crippen LogP contribution in [0.3, 0.4) is 0 Å². The molecular weight excluding hydrogens is 344 g/mol. The Labute approximate surface area is 167 Å². The van der Waals surface area contributed by atoms with Gasteiger partial charge in [-0.25, -0.2) is 0 Å². The van der Waals surface area contributed by atoms with Crippen molar-refractivity contribution >= 4 is 5.78 Å². The number of ether oxygens (including phenoxy) is 1. The third-order valence-corrected chi connectivity index (χ3v) is 4.74. The Balaban J connectivity index is 1.64. The highest BCUT2D eigenvalue weighted by atomic mass is 16.5. The molecule has 0 saturated heterocycles. The van der Waals surface area contributed by atoms with Crippen LogP contribution in [0.2, 0.25) is 0 Å². The third-order valence-electron chi connectivity index (χ3n) is 4.74. The summed E-state index contributed by atoms with van der Waals surface area (Å²) in [6, 6.07) is 25.4. The summed E-state index contributed by atoms with van der Waals surface area (Å²) in [5, 5.41) is 0. The van der Waals surface area contributed by atoms with Gasteiger partial charge in [-0.15, -0.1) is 0 Å². The van der Waals surface area contributed by atoms with E-state index in [2.05, 4.69) is 62.0 Å². The number of ketones is 1. The Kier molecular flexibility index (Phi) is 6.80. The second-order valence-corrected chi connectivity index (χ2v) is 6.82. The van der Waals surface area contributed by atoms with E-state index in [0.29, 0.717) is 13.0 Å². The van der Waals surface area contributed by atoms with Crippen molar-refractivity contribution in [3.63, 3.8) is 0 Å². The zero-order valence-corrected chi connectivity index (χ0v) is 16.4. The molecule has 28 heavy (non-hydrogen) atoms. The summed E-state index contributed by atoms with van der Waals surface area (Å²) in [6.07, 6.45) is 3.98. The molecule has 0 heterocycles. The van der Waals surface area contributed by atoms with Crippen LogP contribution in [0.4, 0.5) is 0 Å². The summed E-state index contributed by atoms with van der Waals surface area (Å²) in [5.41, 5.74) is 6.15. The van der Waals surface area contributed by atoms with Crippen LogP contribution in [0.1, 0.15) is 25.3 Å². The van der Waals surface area contributed by atoms with Gasteiger partial charge in [0.1, 0.15) is 5.75 Å². The summed E-state index contributed by atoms with van der Waals surface area (Å²) in [4.78, 5) is 11.2. The number of hydrogen-bond donors (Lipinski definition) is 0. The smallest absolute Gasteiger partial charge is 0.158 e. The first-order valence-corrected chi connectivity index (χ1v) is 9.77. The maximum atomic E-state index is 11.2. The molecule has 0 aliphatic rings. The maximum absolute atomic E-state index is 11.2. The Hall–Kier alpha value is -3.13. The van der Waals surface area contributed by atoms with E-state index < -0.39 is 0 Å². The minimum Gasteiger partial charge on any atom is -0.493 e. The molecule has 0 aromatic heterocycles. The fraction of sp³-hybridized carbons (Fsp3) is 0.192. The number of hydrogen-bond acceptors (Lipinski definition) is 2. The molecule has 0 aliphatic carbocycles. The highest BCUT2D eigenvalue weighted by molar-refractivity contribution is 5.89. The second kappa shape index (κ2) is 9.70. The minimum absolute atomic E-state index is 0.00304. The molecule has 0 spiro atoms. The molecule has 0 fully saturated rings. The van der Waals surface area contributed by atoms with Crippen LogP contribution < -0.4 is 4.74 Å². The number of benzene rings is 3. The van der Waals surface area contributed by atoms with Gasteiger partial charge < -0.3 is 4.74 Å². The average Bonchev–Trinajstić information content (AvgIpc) is 2.75. The van der Waals surface area contributed by atoms with Gasteiger partial charge in [-0.05, 0) is 52.4 Å². The van der Waals surface area contributed by atoms with Gasteiger partial charge in [0.25, 0.3) is 0 Å². The molecule has 142 valence electrons. The van der Waals surface area contributed by atoms with E-state index in [4.69, 9.17) is 4.74 Å². The quantitative estimate of drug-likeness (QED) is 0.402. The van der Waals surface area contributed by atoms with E-state index in [9.17, 15) is 4.79 Å². The highest BCUT2D eigenvalue weighted by Gasteiger charge is 2.03. The largest absolute Gasteiger partial charge is 0.493 e. The van der Waals surface area contributed by atoms with Crippen molar-refractivity contribution in [2.75, 3.05) is 6.61 Å². The van der Waals surface area contributed by atoms with Crippen molar-refractivity contribution in [1.82, 2.24) is 0 Å². The molecule has 0 aliphatic heterocycles. The van der Waals surface area contributed by atoms with Crippen LogP contribution in [-0.2, 0) is 11.2 Å². The Morgan fingerprint density at radius 2 is 1.29 bits per heavy atom. The van der Waals surface area contributed by atoms with E-state index in [0.717, 1.165) is 17.7 Å². The van der Waals surface area contributed by atoms with Crippen LogP contribution in [0.25, 0.3) is 22.3 Å². The van der Waals surface area contributed by atoms with Gasteiger partial charge >= 0.3 is 0 Å². The first-order valence-electron chi connectivity index (χ1n) is 9.77. The molecular formula is C26H26O2. The Bertz CT molecular complexity index is 904. The summed E-state index contributed by atoms with van der Waals surface area (Å²) < 4.78 is 5.60. The number of aryl methyl sites for hydroxylation is 1. The molecule has 2 nitrogen and oxygen atoms in total. The van der Waals surface area contributed by atoms with Crippen molar-refractivity contribution < 1.29 is 9.53 Å². The Morgan fingerprint density at radius 1 is 0.821 bits per heavy atom. The first kappa shape index (κ1) is 19.6. The van der Waals surface area contributed by atoms with Crippen LogP contribution in [0.15, 0.2) is 85.5 Å². The average molecular weight is 370 g/mol. The number of carbonyl (C=O) groups is 1. The summed E-state index contributed by atoms with van der Waals surface area (Å²) in [7, 11) is 0. The van der Waals surface area contributed by atoms with Gasteiger partial charge in [-0.2, -0.15) is 0 Å². The number of allylic oxidation sites excluding steroid dienone is 1. The van der Waals surface area contributed by atoms with Gasteiger partial charge in [-0.3, -0.25) is 4.79 Å². The van der Waals surface area contributed by atoms with Gasteiger partial charge in [0.2, 0.25) is 0 Å². The van der Waals surface area contributed by atoms with Gasteiger partial charge in [0.05, 0.1) is 6.61 Å². The maximum Gasteiger partial charge on any atom is 0.158 e. The molecule has 3 aromatic carbocycles. The van der Waals surface area contributed by atoms with E-state index in [-0.39, 0.29) is 5.78 Å². The summed E-state index contributed by atoms with van der Waals surface area (Å²) in [6.45, 7) is 6.04. The van der Waals surface area contributed by atoms with E-state index in [1.165, 1.54) is 34.8 Å². The van der Waals surface area contributed by atoms with Crippen molar-refractivity contribution in [2.45, 2.75) is 26.2 Å². The highest BCUT2D eigenvalue weighted by Crippen LogP contribution is 2.26. The second-order valence-electron chi connectivity index (χ2n) is 6.82. The zero-order valence-electron chi connectivity index (χ0n) is 16.4. The zero-order chi connectivity index (χ0) is 19.8. The van der Waals surface area contributed by atoms with Gasteiger partial charge in [0, 0.05) is 6.42 Å². The molecule has 0 unspecified atom stereocenters. The first-order chi connectivity index (χ1) is 13.7. The topological polar surface area (TPSA) is 26.3 Å². The molecule has 0 amide bonds. The van der Waals surface area contributed by atoms with Crippen LogP contribution in [0, 0.1) is 0 Å². The fourth-order valence-corrected chi connectivity index (χ4v) is 3.12. The predicted molar refractivity (Wildman–Crippen MR) is 117 cm³/mol. The van der Waals surface area contributed by atoms with Gasteiger partial charge in [0.15, 0.2) is 5.78 Å². The molecule has 0 N–H and O–H groups in total. The lowest BCUT2D eigenvalue weighted by Crippen LogP contribution is -2.03. The lowest BCUT2D eigenvalue weighted by Gasteiger charge is -2.08. The monoisotopic (exact) mass is 370 g/mol. The predicted octanol–water partition coefficient (Wildman–Crippen LogP) is 6.50. The molecule has 3 rings (SSSR count). The number of rotatable bonds is 9. The molecule has 3 aromatic rings. The normalized spacial score (nSPS) is 10.5. The molecule has 0 bridgehead atoms.